The molecule has 0 spiro atoms. The summed E-state index contributed by atoms with van der Waals surface area (Å²) in [4.78, 5) is 49.6. The summed E-state index contributed by atoms with van der Waals surface area (Å²) in [5.41, 5.74) is 9.61. The number of rotatable bonds is 9. The van der Waals surface area contributed by atoms with Crippen molar-refractivity contribution in [3.63, 3.8) is 0 Å². The van der Waals surface area contributed by atoms with E-state index in [4.69, 9.17) is 15.1 Å². The Morgan fingerprint density at radius 3 is 2.49 bits per heavy atom. The number of fused-ring (bicyclic) bond motifs is 2. The zero-order chi connectivity index (χ0) is 33.6. The number of pyridine rings is 2. The van der Waals surface area contributed by atoms with Crippen molar-refractivity contribution in [2.45, 2.75) is 58.5 Å². The number of oxazole rings is 1. The molecule has 2 atom stereocenters. The zero-order valence-electron chi connectivity index (χ0n) is 26.4. The highest BCUT2D eigenvalue weighted by atomic mass is 19.1. The number of primary amides is 1. The Bertz CT molecular complexity index is 2140. The second-order valence-corrected chi connectivity index (χ2v) is 12.5. The lowest BCUT2D eigenvalue weighted by molar-refractivity contribution is 0.0935. The predicted molar refractivity (Wildman–Crippen MR) is 173 cm³/mol. The molecule has 0 bridgehead atoms. The van der Waals surface area contributed by atoms with Gasteiger partial charge in [-0.05, 0) is 73.2 Å². The van der Waals surface area contributed by atoms with E-state index in [-0.39, 0.29) is 28.4 Å². The molecule has 47 heavy (non-hydrogen) atoms. The van der Waals surface area contributed by atoms with Gasteiger partial charge in [-0.3, -0.25) is 24.1 Å². The summed E-state index contributed by atoms with van der Waals surface area (Å²) in [6, 6.07) is 16.1. The smallest absolute Gasteiger partial charge is 0.408 e. The van der Waals surface area contributed by atoms with Crippen molar-refractivity contribution in [2.24, 2.45) is 11.7 Å². The number of halogens is 1. The Labute approximate surface area is 270 Å². The molecule has 0 radical (unpaired) electrons. The summed E-state index contributed by atoms with van der Waals surface area (Å²) >= 11 is 0. The minimum Gasteiger partial charge on any atom is -0.408 e. The van der Waals surface area contributed by atoms with Crippen molar-refractivity contribution >= 4 is 22.9 Å². The van der Waals surface area contributed by atoms with Gasteiger partial charge in [0.1, 0.15) is 11.9 Å². The third-order valence-corrected chi connectivity index (χ3v) is 8.59. The molecule has 1 aliphatic rings. The summed E-state index contributed by atoms with van der Waals surface area (Å²) in [6.07, 6.45) is 2.73. The fourth-order valence-corrected chi connectivity index (χ4v) is 6.53. The van der Waals surface area contributed by atoms with Crippen LogP contribution in [0.3, 0.4) is 0 Å². The van der Waals surface area contributed by atoms with Crippen LogP contribution in [0.1, 0.15) is 89.1 Å². The Hall–Kier alpha value is -5.63. The van der Waals surface area contributed by atoms with Gasteiger partial charge in [-0.1, -0.05) is 39.0 Å². The van der Waals surface area contributed by atoms with Crippen molar-refractivity contribution in [1.29, 1.82) is 5.26 Å². The number of aromatic nitrogens is 3. The molecule has 2 amide bonds. The molecule has 0 saturated carbocycles. The first-order valence-corrected chi connectivity index (χ1v) is 15.4. The van der Waals surface area contributed by atoms with Gasteiger partial charge in [0.25, 0.3) is 11.8 Å². The van der Waals surface area contributed by atoms with E-state index in [2.05, 4.69) is 10.3 Å². The molecule has 238 valence electrons. The van der Waals surface area contributed by atoms with Gasteiger partial charge < -0.3 is 15.5 Å². The van der Waals surface area contributed by atoms with Crippen molar-refractivity contribution in [1.82, 2.24) is 19.9 Å². The largest absolute Gasteiger partial charge is 0.420 e. The topological polar surface area (TPSA) is 157 Å². The molecule has 1 unspecified atom stereocenters. The molecule has 3 N–H and O–H groups in total. The van der Waals surface area contributed by atoms with Gasteiger partial charge in [-0.2, -0.15) is 5.26 Å². The molecule has 2 aromatic carbocycles. The number of hydrogen-bond acceptors (Lipinski definition) is 7. The van der Waals surface area contributed by atoms with Crippen LogP contribution in [0.4, 0.5) is 4.39 Å². The number of carbonyl (C=O) groups is 2. The molecule has 0 aliphatic carbocycles. The van der Waals surface area contributed by atoms with Gasteiger partial charge in [0.2, 0.25) is 0 Å². The summed E-state index contributed by atoms with van der Waals surface area (Å²) < 4.78 is 20.9. The maximum atomic E-state index is 13.8. The molecule has 1 aliphatic heterocycles. The number of amides is 2. The Morgan fingerprint density at radius 1 is 1.13 bits per heavy atom. The minimum atomic E-state index is -0.969. The Kier molecular flexibility index (Phi) is 7.97. The third-order valence-electron chi connectivity index (χ3n) is 8.59. The highest BCUT2D eigenvalue weighted by Gasteiger charge is 2.44. The van der Waals surface area contributed by atoms with E-state index in [1.165, 1.54) is 22.9 Å². The molecule has 0 saturated heterocycles. The van der Waals surface area contributed by atoms with Crippen LogP contribution in [-0.2, 0) is 18.4 Å². The summed E-state index contributed by atoms with van der Waals surface area (Å²) in [5.74, 6) is -2.02. The van der Waals surface area contributed by atoms with Gasteiger partial charge in [0.05, 0.1) is 50.9 Å². The van der Waals surface area contributed by atoms with E-state index in [1.807, 2.05) is 33.8 Å². The number of nitrogens with zero attached hydrogens (tertiary/aromatic N) is 4. The second-order valence-electron chi connectivity index (χ2n) is 12.5. The lowest BCUT2D eigenvalue weighted by Gasteiger charge is -2.26. The average molecular weight is 633 g/mol. The Morgan fingerprint density at radius 2 is 1.87 bits per heavy atom. The first-order chi connectivity index (χ1) is 22.4. The first kappa shape index (κ1) is 31.4. The molecular formula is C36H33FN6O4. The van der Waals surface area contributed by atoms with E-state index >= 15 is 0 Å². The van der Waals surface area contributed by atoms with E-state index < -0.39 is 29.2 Å². The van der Waals surface area contributed by atoms with Crippen molar-refractivity contribution in [3.8, 4) is 17.2 Å². The number of nitrogens with one attached hydrogen (secondary N) is 1. The summed E-state index contributed by atoms with van der Waals surface area (Å²) in [5, 5.41) is 12.2. The van der Waals surface area contributed by atoms with Crippen LogP contribution in [0.2, 0.25) is 0 Å². The molecule has 0 fully saturated rings. The van der Waals surface area contributed by atoms with Crippen molar-refractivity contribution < 1.29 is 18.4 Å². The van der Waals surface area contributed by atoms with E-state index in [9.17, 15) is 24.0 Å². The van der Waals surface area contributed by atoms with Crippen molar-refractivity contribution in [2.75, 3.05) is 0 Å². The number of nitrogens with two attached hydrogens (primary N) is 1. The highest BCUT2D eigenvalue weighted by molar-refractivity contribution is 6.12. The molecular weight excluding hydrogens is 599 g/mol. The van der Waals surface area contributed by atoms with Crippen molar-refractivity contribution in [3.05, 3.63) is 116 Å². The van der Waals surface area contributed by atoms with Crippen LogP contribution in [0.5, 0.6) is 0 Å². The summed E-state index contributed by atoms with van der Waals surface area (Å²) in [6.45, 7) is 7.76. The van der Waals surface area contributed by atoms with Crippen LogP contribution in [0.15, 0.2) is 70.0 Å². The second kappa shape index (κ2) is 11.9. The van der Waals surface area contributed by atoms with Crippen LogP contribution in [-0.4, -0.2) is 26.3 Å². The van der Waals surface area contributed by atoms with Gasteiger partial charge in [-0.25, -0.2) is 9.18 Å². The number of benzene rings is 2. The monoisotopic (exact) mass is 632 g/mol. The quantitative estimate of drug-likeness (QED) is 0.215. The van der Waals surface area contributed by atoms with Gasteiger partial charge >= 0.3 is 5.76 Å². The van der Waals surface area contributed by atoms with Crippen LogP contribution in [0, 0.1) is 23.1 Å². The zero-order valence-corrected chi connectivity index (χ0v) is 26.4. The summed E-state index contributed by atoms with van der Waals surface area (Å²) in [7, 11) is 0. The lowest BCUT2D eigenvalue weighted by Crippen LogP contribution is -2.39. The van der Waals surface area contributed by atoms with Crippen LogP contribution >= 0.6 is 0 Å². The maximum Gasteiger partial charge on any atom is 0.420 e. The van der Waals surface area contributed by atoms with E-state index in [0.29, 0.717) is 58.6 Å². The fourth-order valence-electron chi connectivity index (χ4n) is 6.53. The standard InChI is InChI=1S/C36H33FN6O4/c1-5-26(24-12-8-21(17-38)18-40-24)43-27-13-9-22(15-28(27)47-35(43)46)29-30(33(39)44)25(14-19(2)3)41-32-31(29)34(45)42-36(32,4)16-20-6-10-23(37)11-7-20/h6-13,15,18-19,26H,5,14,16H2,1-4H3,(H2,39,44)(H,42,45)/t26?,36-/m0/s1. The van der Waals surface area contributed by atoms with Crippen LogP contribution < -0.4 is 16.8 Å². The highest BCUT2D eigenvalue weighted by Crippen LogP contribution is 2.42. The van der Waals surface area contributed by atoms with Crippen LogP contribution in [0.25, 0.3) is 22.2 Å². The minimum absolute atomic E-state index is 0.108. The van der Waals surface area contributed by atoms with Gasteiger partial charge in [0.15, 0.2) is 5.58 Å². The maximum absolute atomic E-state index is 13.8. The third kappa shape index (κ3) is 5.56. The SMILES string of the molecule is CCC(c1ccc(C#N)cn1)n1c(=O)oc2cc(-c3c(C(N)=O)c(CC(C)C)nc4c3C(=O)N[C@@]4(C)Cc3ccc(F)cc3)ccc21. The number of hydrogen-bond donors (Lipinski definition) is 2. The molecule has 3 aromatic heterocycles. The molecule has 4 heterocycles. The number of nitriles is 1. The molecule has 11 heteroatoms. The first-order valence-electron chi connectivity index (χ1n) is 15.4. The van der Waals surface area contributed by atoms with Gasteiger partial charge in [-0.15, -0.1) is 0 Å². The average Bonchev–Trinajstić information content (AvgIpc) is 3.48. The van der Waals surface area contributed by atoms with E-state index in [1.54, 1.807) is 42.5 Å². The fraction of sp³-hybridized carbons (Fsp3) is 0.278. The van der Waals surface area contributed by atoms with Gasteiger partial charge in [0, 0.05) is 18.2 Å². The Balaban J connectivity index is 1.55. The normalized spacial score (nSPS) is 16.2. The predicted octanol–water partition coefficient (Wildman–Crippen LogP) is 5.56. The molecule has 6 rings (SSSR count). The molecule has 5 aromatic rings. The molecule has 10 nitrogen and oxygen atoms in total. The lowest BCUT2D eigenvalue weighted by atomic mass is 9.84. The van der Waals surface area contributed by atoms with E-state index in [0.717, 1.165) is 5.56 Å². The number of carbonyl (C=O) groups excluding carboxylic acids is 2.